The van der Waals surface area contributed by atoms with Crippen molar-refractivity contribution in [2.75, 3.05) is 19.7 Å². The number of fused-ring (bicyclic) bond motifs is 1. The first-order chi connectivity index (χ1) is 5.36. The third-order valence-electron chi connectivity index (χ3n) is 2.23. The van der Waals surface area contributed by atoms with E-state index in [2.05, 4.69) is 17.2 Å². The zero-order valence-corrected chi connectivity index (χ0v) is 6.60. The Morgan fingerprint density at radius 1 is 1.45 bits per heavy atom. The molecule has 11 heavy (non-hydrogen) atoms. The van der Waals surface area contributed by atoms with Crippen LogP contribution in [-0.4, -0.2) is 32.0 Å². The van der Waals surface area contributed by atoms with E-state index in [0.717, 1.165) is 26.1 Å². The van der Waals surface area contributed by atoms with E-state index in [-0.39, 0.29) is 0 Å². The van der Waals surface area contributed by atoms with Gasteiger partial charge >= 0.3 is 0 Å². The van der Waals surface area contributed by atoms with Gasteiger partial charge in [0.25, 0.3) is 0 Å². The van der Waals surface area contributed by atoms with E-state index < -0.39 is 0 Å². The van der Waals surface area contributed by atoms with Gasteiger partial charge in [0, 0.05) is 13.1 Å². The molecule has 0 amide bonds. The maximum absolute atomic E-state index is 5.57. The number of ether oxygens (including phenoxy) is 1. The number of rotatable bonds is 0. The van der Waals surface area contributed by atoms with Crippen LogP contribution >= 0.6 is 0 Å². The third kappa shape index (κ3) is 1.45. The van der Waals surface area contributed by atoms with Crippen LogP contribution in [0.1, 0.15) is 6.42 Å². The molecule has 2 heterocycles. The summed E-state index contributed by atoms with van der Waals surface area (Å²) in [5.41, 5.74) is 1.25. The minimum absolute atomic E-state index is 0.310. The standard InChI is InChI=1S/C8H14N2O/c1-6-4-7-8(10-5-6)9-2-3-11-7/h7-10H,1-5H2. The maximum atomic E-state index is 5.57. The summed E-state index contributed by atoms with van der Waals surface area (Å²) in [5, 5.41) is 6.70. The van der Waals surface area contributed by atoms with Gasteiger partial charge in [0.2, 0.25) is 0 Å². The molecule has 0 radical (unpaired) electrons. The fourth-order valence-electron chi connectivity index (χ4n) is 1.64. The minimum Gasteiger partial charge on any atom is -0.374 e. The lowest BCUT2D eigenvalue weighted by Gasteiger charge is -2.37. The Bertz CT molecular complexity index is 169. The summed E-state index contributed by atoms with van der Waals surface area (Å²) in [6.07, 6.45) is 1.67. The van der Waals surface area contributed by atoms with Crippen molar-refractivity contribution in [2.24, 2.45) is 0 Å². The summed E-state index contributed by atoms with van der Waals surface area (Å²) in [5.74, 6) is 0. The molecule has 0 spiro atoms. The van der Waals surface area contributed by atoms with Crippen LogP contribution in [0.4, 0.5) is 0 Å². The number of nitrogens with one attached hydrogen (secondary N) is 2. The first-order valence-corrected chi connectivity index (χ1v) is 4.11. The van der Waals surface area contributed by atoms with Gasteiger partial charge in [-0.2, -0.15) is 0 Å². The second-order valence-corrected chi connectivity index (χ2v) is 3.18. The molecule has 3 heteroatoms. The summed E-state index contributed by atoms with van der Waals surface area (Å²) in [6.45, 7) is 6.65. The maximum Gasteiger partial charge on any atom is 0.0897 e. The minimum atomic E-state index is 0.310. The van der Waals surface area contributed by atoms with E-state index in [1.54, 1.807) is 0 Å². The predicted octanol–water partition coefficient (Wildman–Crippen LogP) is -0.150. The van der Waals surface area contributed by atoms with Crippen LogP contribution in [-0.2, 0) is 4.74 Å². The van der Waals surface area contributed by atoms with Crippen molar-refractivity contribution in [3.05, 3.63) is 12.2 Å². The molecule has 2 N–H and O–H groups in total. The van der Waals surface area contributed by atoms with Crippen LogP contribution in [0.3, 0.4) is 0 Å². The van der Waals surface area contributed by atoms with Crippen molar-refractivity contribution in [2.45, 2.75) is 18.7 Å². The van der Waals surface area contributed by atoms with Gasteiger partial charge in [-0.15, -0.1) is 0 Å². The van der Waals surface area contributed by atoms with E-state index in [9.17, 15) is 0 Å². The molecule has 0 saturated carbocycles. The van der Waals surface area contributed by atoms with E-state index in [1.165, 1.54) is 5.57 Å². The molecule has 0 aromatic heterocycles. The van der Waals surface area contributed by atoms with E-state index in [1.807, 2.05) is 0 Å². The number of piperidine rings is 1. The fraction of sp³-hybridized carbons (Fsp3) is 0.750. The lowest BCUT2D eigenvalue weighted by molar-refractivity contribution is -0.0200. The van der Waals surface area contributed by atoms with Gasteiger partial charge in [0.15, 0.2) is 0 Å². The summed E-state index contributed by atoms with van der Waals surface area (Å²) in [7, 11) is 0. The topological polar surface area (TPSA) is 33.3 Å². The number of hydrogen-bond acceptors (Lipinski definition) is 3. The van der Waals surface area contributed by atoms with Gasteiger partial charge in [0.05, 0.1) is 18.9 Å². The second kappa shape index (κ2) is 2.93. The van der Waals surface area contributed by atoms with Gasteiger partial charge in [-0.3, -0.25) is 10.6 Å². The molecule has 2 saturated heterocycles. The predicted molar refractivity (Wildman–Crippen MR) is 43.3 cm³/mol. The highest BCUT2D eigenvalue weighted by atomic mass is 16.5. The van der Waals surface area contributed by atoms with Crippen molar-refractivity contribution in [1.29, 1.82) is 0 Å². The summed E-state index contributed by atoms with van der Waals surface area (Å²) in [4.78, 5) is 0. The van der Waals surface area contributed by atoms with Gasteiger partial charge in [-0.25, -0.2) is 0 Å². The lowest BCUT2D eigenvalue weighted by atomic mass is 10.0. The van der Waals surface area contributed by atoms with E-state index >= 15 is 0 Å². The van der Waals surface area contributed by atoms with E-state index in [4.69, 9.17) is 4.74 Å². The Kier molecular flexibility index (Phi) is 1.94. The highest BCUT2D eigenvalue weighted by molar-refractivity contribution is 5.06. The molecule has 2 atom stereocenters. The highest BCUT2D eigenvalue weighted by Gasteiger charge is 2.28. The molecule has 0 aromatic rings. The second-order valence-electron chi connectivity index (χ2n) is 3.18. The van der Waals surface area contributed by atoms with Crippen molar-refractivity contribution in [3.8, 4) is 0 Å². The zero-order valence-electron chi connectivity index (χ0n) is 6.60. The third-order valence-corrected chi connectivity index (χ3v) is 2.23. The highest BCUT2D eigenvalue weighted by Crippen LogP contribution is 2.16. The molecule has 2 rings (SSSR count). The summed E-state index contributed by atoms with van der Waals surface area (Å²) in [6, 6.07) is 0. The van der Waals surface area contributed by atoms with Gasteiger partial charge in [-0.1, -0.05) is 12.2 Å². The first-order valence-electron chi connectivity index (χ1n) is 4.11. The lowest BCUT2D eigenvalue weighted by Crippen LogP contribution is -2.59. The SMILES string of the molecule is C=C1CNC2NCCOC2C1. The molecule has 2 fully saturated rings. The fourth-order valence-corrected chi connectivity index (χ4v) is 1.64. The molecule has 0 aromatic carbocycles. The Hall–Kier alpha value is -0.380. The van der Waals surface area contributed by atoms with Crippen LogP contribution in [0.15, 0.2) is 12.2 Å². The number of hydrogen-bond donors (Lipinski definition) is 2. The Balaban J connectivity index is 1.98. The quantitative estimate of drug-likeness (QED) is 0.476. The molecule has 0 bridgehead atoms. The van der Waals surface area contributed by atoms with Crippen LogP contribution in [0, 0.1) is 0 Å². The monoisotopic (exact) mass is 154 g/mol. The largest absolute Gasteiger partial charge is 0.374 e. The average molecular weight is 154 g/mol. The normalized spacial score (nSPS) is 38.4. The summed E-state index contributed by atoms with van der Waals surface area (Å²) >= 11 is 0. The van der Waals surface area contributed by atoms with Gasteiger partial charge in [0.1, 0.15) is 0 Å². The Morgan fingerprint density at radius 3 is 3.27 bits per heavy atom. The van der Waals surface area contributed by atoms with Crippen LogP contribution in [0.5, 0.6) is 0 Å². The number of morpholine rings is 1. The summed E-state index contributed by atoms with van der Waals surface area (Å²) < 4.78 is 5.57. The molecule has 62 valence electrons. The van der Waals surface area contributed by atoms with Crippen molar-refractivity contribution >= 4 is 0 Å². The van der Waals surface area contributed by atoms with Gasteiger partial charge in [-0.05, 0) is 6.42 Å². The van der Waals surface area contributed by atoms with Crippen molar-refractivity contribution in [3.63, 3.8) is 0 Å². The molecule has 2 aliphatic heterocycles. The molecule has 2 unspecified atom stereocenters. The van der Waals surface area contributed by atoms with E-state index in [0.29, 0.717) is 12.3 Å². The van der Waals surface area contributed by atoms with Crippen LogP contribution in [0.2, 0.25) is 0 Å². The van der Waals surface area contributed by atoms with Gasteiger partial charge < -0.3 is 4.74 Å². The molecular weight excluding hydrogens is 140 g/mol. The van der Waals surface area contributed by atoms with Crippen molar-refractivity contribution < 1.29 is 4.74 Å². The molecule has 3 nitrogen and oxygen atoms in total. The molecule has 0 aliphatic carbocycles. The molecule has 2 aliphatic rings. The smallest absolute Gasteiger partial charge is 0.0897 e. The first kappa shape index (κ1) is 7.28. The van der Waals surface area contributed by atoms with Crippen LogP contribution < -0.4 is 10.6 Å². The van der Waals surface area contributed by atoms with Crippen molar-refractivity contribution in [1.82, 2.24) is 10.6 Å². The Labute approximate surface area is 66.8 Å². The zero-order chi connectivity index (χ0) is 7.68. The average Bonchev–Trinajstić information content (AvgIpc) is 2.04. The Morgan fingerprint density at radius 2 is 2.36 bits per heavy atom. The molecular formula is C8H14N2O. The van der Waals surface area contributed by atoms with Crippen LogP contribution in [0.25, 0.3) is 0 Å².